The molecule has 2 saturated carbocycles. The molecule has 2 fully saturated rings. The van der Waals surface area contributed by atoms with Crippen LogP contribution in [0.15, 0.2) is 35.7 Å². The maximum absolute atomic E-state index is 13.8. The number of carboxylic acid groups (broad SMARTS) is 1. The van der Waals surface area contributed by atoms with Crippen LogP contribution in [0, 0.1) is 24.7 Å². The first-order chi connectivity index (χ1) is 22.0. The molecule has 0 radical (unpaired) electrons. The van der Waals surface area contributed by atoms with Crippen molar-refractivity contribution in [2.24, 2.45) is 17.8 Å². The molecule has 6 rings (SSSR count). The summed E-state index contributed by atoms with van der Waals surface area (Å²) in [6.45, 7) is 6.75. The topological polar surface area (TPSA) is 131 Å². The molecular formula is C35H42N4O6S. The lowest BCUT2D eigenvalue weighted by atomic mass is 9.93. The summed E-state index contributed by atoms with van der Waals surface area (Å²) in [5.41, 5.74) is 1.94. The predicted molar refractivity (Wildman–Crippen MR) is 176 cm³/mol. The van der Waals surface area contributed by atoms with Gasteiger partial charge in [0.05, 0.1) is 30.2 Å². The van der Waals surface area contributed by atoms with E-state index in [0.29, 0.717) is 36.6 Å². The van der Waals surface area contributed by atoms with E-state index in [0.717, 1.165) is 46.4 Å². The Balaban J connectivity index is 1.35. The molecule has 2 N–H and O–H groups in total. The summed E-state index contributed by atoms with van der Waals surface area (Å²) in [4.78, 5) is 51.5. The molecule has 1 aromatic carbocycles. The number of methoxy groups -OCH3 is 1. The Morgan fingerprint density at radius 1 is 1.15 bits per heavy atom. The summed E-state index contributed by atoms with van der Waals surface area (Å²) in [7, 11) is 3.41. The van der Waals surface area contributed by atoms with Crippen LogP contribution in [0.2, 0.25) is 0 Å². The van der Waals surface area contributed by atoms with Gasteiger partial charge in [-0.3, -0.25) is 9.59 Å². The second-order valence-electron chi connectivity index (χ2n) is 13.2. The molecule has 0 saturated heterocycles. The standard InChI is InChI=1S/C35H42N4O6S/c1-19(2)27-18-46-32(37-27)26-16-29(23-11-12-28(44-5)20(3)30(23)36-26)45-22-14-24-25(15-22)33(41)39(4)13-9-7-6-8-10-21-17-35(21,34(42)43)38-31(24)40/h8,10-12,16,18-19,21-22,24-25H,6-7,9,13-15,17H2,1-5H3,(H,38,40)(H,42,43)/b10-8+. The van der Waals surface area contributed by atoms with Crippen LogP contribution in [-0.4, -0.2) is 70.1 Å². The number of nitrogens with zero attached hydrogens (tertiary/aromatic N) is 3. The molecule has 3 aliphatic rings. The number of thiazole rings is 1. The number of aliphatic carboxylic acids is 1. The van der Waals surface area contributed by atoms with Gasteiger partial charge in [-0.2, -0.15) is 0 Å². The zero-order valence-corrected chi connectivity index (χ0v) is 27.9. The fourth-order valence-electron chi connectivity index (χ4n) is 6.85. The number of amides is 2. The van der Waals surface area contributed by atoms with E-state index < -0.39 is 35.4 Å². The highest BCUT2D eigenvalue weighted by molar-refractivity contribution is 7.13. The second-order valence-corrected chi connectivity index (χ2v) is 14.1. The first-order valence-corrected chi connectivity index (χ1v) is 17.0. The summed E-state index contributed by atoms with van der Waals surface area (Å²) in [5.74, 6) is -1.58. The fraction of sp³-hybridized carbons (Fsp3) is 0.514. The number of allylic oxidation sites excluding steroid dienone is 1. The molecule has 10 nitrogen and oxygen atoms in total. The molecule has 244 valence electrons. The van der Waals surface area contributed by atoms with Gasteiger partial charge >= 0.3 is 5.97 Å². The summed E-state index contributed by atoms with van der Waals surface area (Å²) in [5, 5.41) is 16.6. The van der Waals surface area contributed by atoms with Gasteiger partial charge in [0, 0.05) is 41.9 Å². The van der Waals surface area contributed by atoms with Gasteiger partial charge in [0.1, 0.15) is 33.8 Å². The molecule has 2 amide bonds. The lowest BCUT2D eigenvalue weighted by Gasteiger charge is -2.26. The van der Waals surface area contributed by atoms with Crippen molar-refractivity contribution < 1.29 is 29.0 Å². The van der Waals surface area contributed by atoms with Gasteiger partial charge in [-0.05, 0) is 63.5 Å². The lowest BCUT2D eigenvalue weighted by Crippen LogP contribution is -2.49. The van der Waals surface area contributed by atoms with Crippen LogP contribution in [0.3, 0.4) is 0 Å². The van der Waals surface area contributed by atoms with Gasteiger partial charge in [-0.25, -0.2) is 14.8 Å². The number of ether oxygens (including phenoxy) is 2. The first-order valence-electron chi connectivity index (χ1n) is 16.1. The number of rotatable bonds is 6. The van der Waals surface area contributed by atoms with E-state index in [1.807, 2.05) is 42.7 Å². The maximum Gasteiger partial charge on any atom is 0.330 e. The normalized spacial score (nSPS) is 27.5. The van der Waals surface area contributed by atoms with Crippen LogP contribution in [0.4, 0.5) is 0 Å². The van der Waals surface area contributed by atoms with E-state index in [9.17, 15) is 19.5 Å². The second kappa shape index (κ2) is 12.7. The number of carboxylic acids is 1. The van der Waals surface area contributed by atoms with Crippen molar-refractivity contribution in [3.05, 3.63) is 47.0 Å². The SMILES string of the molecule is COc1ccc2c(OC3CC4C(=O)NC5(C(=O)O)CC5/C=C/CCCCN(C)C(=O)C4C3)cc(-c3nc(C(C)C)cs3)nc2c1C. The van der Waals surface area contributed by atoms with Crippen LogP contribution in [-0.2, 0) is 14.4 Å². The van der Waals surface area contributed by atoms with Gasteiger partial charge in [-0.15, -0.1) is 11.3 Å². The quantitative estimate of drug-likeness (QED) is 0.325. The van der Waals surface area contributed by atoms with Crippen molar-refractivity contribution in [3.8, 4) is 22.2 Å². The summed E-state index contributed by atoms with van der Waals surface area (Å²) in [6, 6.07) is 5.70. The van der Waals surface area contributed by atoms with Crippen LogP contribution in [0.5, 0.6) is 11.5 Å². The number of fused-ring (bicyclic) bond motifs is 3. The zero-order chi connectivity index (χ0) is 32.7. The lowest BCUT2D eigenvalue weighted by molar-refractivity contribution is -0.145. The van der Waals surface area contributed by atoms with E-state index in [1.54, 1.807) is 19.1 Å². The Kier molecular flexibility index (Phi) is 8.80. The van der Waals surface area contributed by atoms with Crippen molar-refractivity contribution in [2.45, 2.75) is 76.9 Å². The molecule has 3 aromatic rings. The number of hydrogen-bond donors (Lipinski definition) is 2. The molecule has 2 aliphatic carbocycles. The van der Waals surface area contributed by atoms with E-state index in [2.05, 4.69) is 19.2 Å². The van der Waals surface area contributed by atoms with Crippen molar-refractivity contribution in [3.63, 3.8) is 0 Å². The number of pyridine rings is 1. The fourth-order valence-corrected chi connectivity index (χ4v) is 7.79. The molecule has 5 unspecified atom stereocenters. The van der Waals surface area contributed by atoms with Gasteiger partial charge in [0.15, 0.2) is 0 Å². The third-order valence-electron chi connectivity index (χ3n) is 9.77. The molecule has 0 spiro atoms. The molecule has 46 heavy (non-hydrogen) atoms. The summed E-state index contributed by atoms with van der Waals surface area (Å²) >= 11 is 1.53. The molecular weight excluding hydrogens is 604 g/mol. The van der Waals surface area contributed by atoms with E-state index in [4.69, 9.17) is 19.4 Å². The summed E-state index contributed by atoms with van der Waals surface area (Å²) < 4.78 is 12.3. The minimum Gasteiger partial charge on any atom is -0.496 e. The number of carbonyl (C=O) groups is 3. The van der Waals surface area contributed by atoms with Gasteiger partial charge in [0.25, 0.3) is 0 Å². The molecule has 1 aliphatic heterocycles. The third-order valence-corrected chi connectivity index (χ3v) is 10.7. The van der Waals surface area contributed by atoms with Gasteiger partial charge in [0.2, 0.25) is 11.8 Å². The predicted octanol–water partition coefficient (Wildman–Crippen LogP) is 5.73. The maximum atomic E-state index is 13.8. The molecule has 11 heteroatoms. The van der Waals surface area contributed by atoms with Gasteiger partial charge in [-0.1, -0.05) is 26.0 Å². The number of carbonyl (C=O) groups excluding carboxylic acids is 2. The van der Waals surface area contributed by atoms with Crippen LogP contribution in [0.1, 0.15) is 69.5 Å². The van der Waals surface area contributed by atoms with Crippen LogP contribution >= 0.6 is 11.3 Å². The largest absolute Gasteiger partial charge is 0.496 e. The molecule has 0 bridgehead atoms. The van der Waals surface area contributed by atoms with Crippen molar-refractivity contribution in [1.82, 2.24) is 20.2 Å². The number of nitrogens with one attached hydrogen (secondary N) is 1. The van der Waals surface area contributed by atoms with Crippen LogP contribution in [0.25, 0.3) is 21.6 Å². The average Bonchev–Trinajstić information content (AvgIpc) is 3.33. The highest BCUT2D eigenvalue weighted by atomic mass is 32.1. The monoisotopic (exact) mass is 646 g/mol. The van der Waals surface area contributed by atoms with Gasteiger partial charge < -0.3 is 24.8 Å². The highest BCUT2D eigenvalue weighted by Crippen LogP contribution is 2.47. The summed E-state index contributed by atoms with van der Waals surface area (Å²) in [6.07, 6.45) is 6.97. The first kappa shape index (κ1) is 32.0. The third kappa shape index (κ3) is 5.97. The number of benzene rings is 1. The number of hydrogen-bond acceptors (Lipinski definition) is 8. The Morgan fingerprint density at radius 2 is 1.93 bits per heavy atom. The average molecular weight is 647 g/mol. The Bertz CT molecular complexity index is 1700. The smallest absolute Gasteiger partial charge is 0.330 e. The minimum atomic E-state index is -1.33. The zero-order valence-electron chi connectivity index (χ0n) is 27.0. The Labute approximate surface area is 273 Å². The molecule has 5 atom stereocenters. The van der Waals surface area contributed by atoms with Crippen LogP contribution < -0.4 is 14.8 Å². The van der Waals surface area contributed by atoms with E-state index >= 15 is 0 Å². The van der Waals surface area contributed by atoms with Crippen molar-refractivity contribution in [1.29, 1.82) is 0 Å². The molecule has 3 heterocycles. The number of aromatic nitrogens is 2. The Morgan fingerprint density at radius 3 is 2.65 bits per heavy atom. The number of aryl methyl sites for hydroxylation is 1. The van der Waals surface area contributed by atoms with E-state index in [1.165, 1.54) is 11.3 Å². The molecule has 2 aromatic heterocycles. The highest BCUT2D eigenvalue weighted by Gasteiger charge is 2.61. The van der Waals surface area contributed by atoms with Crippen molar-refractivity contribution in [2.75, 3.05) is 20.7 Å². The minimum absolute atomic E-state index is 0.111. The Hall–Kier alpha value is -3.99. The van der Waals surface area contributed by atoms with Crippen molar-refractivity contribution >= 4 is 40.0 Å². The van der Waals surface area contributed by atoms with E-state index in [-0.39, 0.29) is 24.2 Å².